The predicted molar refractivity (Wildman–Crippen MR) is 109 cm³/mol. The molecular formula is C22H23NO7. The number of benzene rings is 2. The Morgan fingerprint density at radius 3 is 2.27 bits per heavy atom. The van der Waals surface area contributed by atoms with Gasteiger partial charge in [0, 0.05) is 12.6 Å². The first-order valence-electron chi connectivity index (χ1n) is 8.97. The van der Waals surface area contributed by atoms with Crippen LogP contribution in [0.3, 0.4) is 0 Å². The van der Waals surface area contributed by atoms with Gasteiger partial charge in [-0.1, -0.05) is 18.2 Å². The SMILES string of the molecule is COC(=O)c1ccc(CNC(=O)COC(=O)C=Cc2ccc(OC)c(OC)c2)cc1. The molecule has 0 unspecified atom stereocenters. The van der Waals surface area contributed by atoms with Crippen LogP contribution in [0.2, 0.25) is 0 Å². The Morgan fingerprint density at radius 2 is 1.63 bits per heavy atom. The van der Waals surface area contributed by atoms with Gasteiger partial charge in [-0.15, -0.1) is 0 Å². The van der Waals surface area contributed by atoms with Crippen molar-refractivity contribution in [1.29, 1.82) is 0 Å². The lowest BCUT2D eigenvalue weighted by molar-refractivity contribution is -0.143. The van der Waals surface area contributed by atoms with Gasteiger partial charge < -0.3 is 24.3 Å². The molecule has 0 aliphatic carbocycles. The van der Waals surface area contributed by atoms with Crippen LogP contribution in [0.15, 0.2) is 48.5 Å². The lowest BCUT2D eigenvalue weighted by Crippen LogP contribution is -2.28. The second-order valence-corrected chi connectivity index (χ2v) is 6.02. The Morgan fingerprint density at radius 1 is 0.933 bits per heavy atom. The third-order valence-corrected chi connectivity index (χ3v) is 4.03. The van der Waals surface area contributed by atoms with Gasteiger partial charge in [0.2, 0.25) is 0 Å². The molecule has 1 N–H and O–H groups in total. The summed E-state index contributed by atoms with van der Waals surface area (Å²) >= 11 is 0. The molecule has 0 aliphatic rings. The van der Waals surface area contributed by atoms with Crippen LogP contribution in [0, 0.1) is 0 Å². The Hall–Kier alpha value is -3.81. The minimum absolute atomic E-state index is 0.235. The fourth-order valence-corrected chi connectivity index (χ4v) is 2.43. The lowest BCUT2D eigenvalue weighted by atomic mass is 10.1. The van der Waals surface area contributed by atoms with Crippen molar-refractivity contribution in [1.82, 2.24) is 5.32 Å². The number of ether oxygens (including phenoxy) is 4. The highest BCUT2D eigenvalue weighted by Gasteiger charge is 2.08. The summed E-state index contributed by atoms with van der Waals surface area (Å²) in [5, 5.41) is 2.63. The molecule has 0 aromatic heterocycles. The molecule has 0 saturated carbocycles. The molecule has 1 amide bonds. The summed E-state index contributed by atoms with van der Waals surface area (Å²) in [6.45, 7) is -0.172. The number of esters is 2. The van der Waals surface area contributed by atoms with Crippen LogP contribution in [-0.2, 0) is 25.6 Å². The molecular weight excluding hydrogens is 390 g/mol. The quantitative estimate of drug-likeness (QED) is 0.498. The molecule has 0 saturated heterocycles. The Labute approximate surface area is 174 Å². The van der Waals surface area contributed by atoms with Crippen LogP contribution in [0.5, 0.6) is 11.5 Å². The maximum absolute atomic E-state index is 11.9. The summed E-state index contributed by atoms with van der Waals surface area (Å²) in [4.78, 5) is 35.1. The van der Waals surface area contributed by atoms with E-state index in [0.29, 0.717) is 22.6 Å². The Balaban J connectivity index is 1.78. The summed E-state index contributed by atoms with van der Waals surface area (Å²) in [6.07, 6.45) is 2.77. The molecule has 0 heterocycles. The van der Waals surface area contributed by atoms with Gasteiger partial charge in [0.15, 0.2) is 18.1 Å². The zero-order valence-electron chi connectivity index (χ0n) is 17.0. The minimum atomic E-state index is -0.651. The summed E-state index contributed by atoms with van der Waals surface area (Å²) < 4.78 is 19.9. The van der Waals surface area contributed by atoms with Crippen molar-refractivity contribution in [2.75, 3.05) is 27.9 Å². The van der Waals surface area contributed by atoms with E-state index in [1.54, 1.807) is 48.5 Å². The maximum Gasteiger partial charge on any atom is 0.337 e. The molecule has 2 rings (SSSR count). The van der Waals surface area contributed by atoms with Gasteiger partial charge in [-0.25, -0.2) is 9.59 Å². The predicted octanol–water partition coefficient (Wildman–Crippen LogP) is 2.36. The van der Waals surface area contributed by atoms with Crippen molar-refractivity contribution >= 4 is 23.9 Å². The molecule has 158 valence electrons. The maximum atomic E-state index is 11.9. The van der Waals surface area contributed by atoms with E-state index in [-0.39, 0.29) is 6.54 Å². The van der Waals surface area contributed by atoms with Crippen molar-refractivity contribution in [3.8, 4) is 11.5 Å². The van der Waals surface area contributed by atoms with Crippen LogP contribution < -0.4 is 14.8 Å². The second-order valence-electron chi connectivity index (χ2n) is 6.02. The number of nitrogens with one attached hydrogen (secondary N) is 1. The molecule has 0 bridgehead atoms. The molecule has 2 aromatic rings. The monoisotopic (exact) mass is 413 g/mol. The second kappa shape index (κ2) is 11.3. The first kappa shape index (κ1) is 22.5. The van der Waals surface area contributed by atoms with Gasteiger partial charge in [-0.05, 0) is 41.5 Å². The van der Waals surface area contributed by atoms with Crippen molar-refractivity contribution in [3.63, 3.8) is 0 Å². The van der Waals surface area contributed by atoms with E-state index in [9.17, 15) is 14.4 Å². The molecule has 8 nitrogen and oxygen atoms in total. The smallest absolute Gasteiger partial charge is 0.337 e. The number of amides is 1. The molecule has 0 spiro atoms. The van der Waals surface area contributed by atoms with Crippen molar-refractivity contribution in [2.45, 2.75) is 6.54 Å². The molecule has 0 fully saturated rings. The van der Waals surface area contributed by atoms with Crippen LogP contribution >= 0.6 is 0 Å². The van der Waals surface area contributed by atoms with E-state index in [2.05, 4.69) is 10.1 Å². The average molecular weight is 413 g/mol. The van der Waals surface area contributed by atoms with Gasteiger partial charge in [0.25, 0.3) is 5.91 Å². The third-order valence-electron chi connectivity index (χ3n) is 4.03. The minimum Gasteiger partial charge on any atom is -0.493 e. The first-order valence-corrected chi connectivity index (χ1v) is 8.97. The number of hydrogen-bond donors (Lipinski definition) is 1. The summed E-state index contributed by atoms with van der Waals surface area (Å²) in [5.41, 5.74) is 1.92. The highest BCUT2D eigenvalue weighted by atomic mass is 16.5. The largest absolute Gasteiger partial charge is 0.493 e. The van der Waals surface area contributed by atoms with E-state index < -0.39 is 24.5 Å². The summed E-state index contributed by atoms with van der Waals surface area (Å²) in [6, 6.07) is 11.8. The highest BCUT2D eigenvalue weighted by molar-refractivity contribution is 5.90. The van der Waals surface area contributed by atoms with E-state index in [0.717, 1.165) is 5.56 Å². The number of carbonyl (C=O) groups excluding carboxylic acids is 3. The standard InChI is InChI=1S/C22H23NO7/c1-27-18-10-6-15(12-19(18)28-2)7-11-21(25)30-14-20(24)23-13-16-4-8-17(9-5-16)22(26)29-3/h4-12H,13-14H2,1-3H3,(H,23,24). The van der Waals surface area contributed by atoms with Gasteiger partial charge in [-0.2, -0.15) is 0 Å². The van der Waals surface area contributed by atoms with Crippen LogP contribution in [0.4, 0.5) is 0 Å². The van der Waals surface area contributed by atoms with Crippen molar-refractivity contribution in [3.05, 3.63) is 65.2 Å². The van der Waals surface area contributed by atoms with Gasteiger partial charge in [0.05, 0.1) is 26.9 Å². The van der Waals surface area contributed by atoms with Gasteiger partial charge in [-0.3, -0.25) is 4.79 Å². The first-order chi connectivity index (χ1) is 14.5. The van der Waals surface area contributed by atoms with E-state index in [4.69, 9.17) is 14.2 Å². The van der Waals surface area contributed by atoms with Crippen LogP contribution in [0.1, 0.15) is 21.5 Å². The van der Waals surface area contributed by atoms with Gasteiger partial charge in [0.1, 0.15) is 0 Å². The Kier molecular flexibility index (Phi) is 8.43. The Bertz CT molecular complexity index is 920. The fraction of sp³-hybridized carbons (Fsp3) is 0.227. The lowest BCUT2D eigenvalue weighted by Gasteiger charge is -2.07. The topological polar surface area (TPSA) is 100 Å². The fourth-order valence-electron chi connectivity index (χ4n) is 2.43. The molecule has 0 atom stereocenters. The third kappa shape index (κ3) is 6.66. The summed E-state index contributed by atoms with van der Waals surface area (Å²) in [5.74, 6) is -0.415. The average Bonchev–Trinajstić information content (AvgIpc) is 2.79. The summed E-state index contributed by atoms with van der Waals surface area (Å²) in [7, 11) is 4.36. The number of hydrogen-bond acceptors (Lipinski definition) is 7. The molecule has 30 heavy (non-hydrogen) atoms. The normalized spacial score (nSPS) is 10.4. The van der Waals surface area contributed by atoms with E-state index in [1.165, 1.54) is 27.4 Å². The van der Waals surface area contributed by atoms with E-state index in [1.807, 2.05) is 0 Å². The zero-order chi connectivity index (χ0) is 21.9. The molecule has 8 heteroatoms. The molecule has 2 aromatic carbocycles. The molecule has 0 aliphatic heterocycles. The zero-order valence-corrected chi connectivity index (χ0v) is 17.0. The number of methoxy groups -OCH3 is 3. The van der Waals surface area contributed by atoms with Crippen molar-refractivity contribution < 1.29 is 33.3 Å². The molecule has 0 radical (unpaired) electrons. The highest BCUT2D eigenvalue weighted by Crippen LogP contribution is 2.27. The number of carbonyl (C=O) groups is 3. The van der Waals surface area contributed by atoms with Crippen molar-refractivity contribution in [2.24, 2.45) is 0 Å². The van der Waals surface area contributed by atoms with Gasteiger partial charge >= 0.3 is 11.9 Å². The van der Waals surface area contributed by atoms with Crippen LogP contribution in [-0.4, -0.2) is 45.8 Å². The van der Waals surface area contributed by atoms with E-state index >= 15 is 0 Å². The number of rotatable bonds is 9. The van der Waals surface area contributed by atoms with Crippen LogP contribution in [0.25, 0.3) is 6.08 Å².